The Kier molecular flexibility index (Phi) is 1.83. The van der Waals surface area contributed by atoms with Gasteiger partial charge in [-0.25, -0.2) is 0 Å². The van der Waals surface area contributed by atoms with Crippen LogP contribution in [-0.4, -0.2) is 0 Å². The van der Waals surface area contributed by atoms with Crippen LogP contribution in [0.4, 0.5) is 0 Å². The van der Waals surface area contributed by atoms with Crippen LogP contribution in [-0.2, 0) is 4.74 Å². The van der Waals surface area contributed by atoms with Crippen molar-refractivity contribution in [3.63, 3.8) is 0 Å². The highest BCUT2D eigenvalue weighted by Crippen LogP contribution is 2.52. The van der Waals surface area contributed by atoms with Crippen molar-refractivity contribution in [2.75, 3.05) is 0 Å². The molecule has 2 aliphatic heterocycles. The van der Waals surface area contributed by atoms with Crippen molar-refractivity contribution in [1.82, 2.24) is 0 Å². The molecule has 1 fully saturated rings. The van der Waals surface area contributed by atoms with Gasteiger partial charge in [-0.3, -0.25) is 0 Å². The predicted octanol–water partition coefficient (Wildman–Crippen LogP) is 4.12. The Morgan fingerprint density at radius 3 is 1.92 bits per heavy atom. The molecule has 2 aliphatic rings. The normalized spacial score (nSPS) is 29.4. The lowest BCUT2D eigenvalue weighted by molar-refractivity contribution is 0.0716. The summed E-state index contributed by atoms with van der Waals surface area (Å²) in [7, 11) is 0. The summed E-state index contributed by atoms with van der Waals surface area (Å²) in [5, 5.41) is 0. The Morgan fingerprint density at radius 2 is 1.46 bits per heavy atom. The molecule has 0 radical (unpaired) electrons. The molecule has 68 valence electrons. The fourth-order valence-electron chi connectivity index (χ4n) is 2.23. The number of halogens is 2. The molecule has 1 aromatic rings. The minimum absolute atomic E-state index is 0.365. The molecule has 0 amide bonds. The van der Waals surface area contributed by atoms with Gasteiger partial charge in [-0.2, -0.15) is 0 Å². The number of benzene rings is 1. The average Bonchev–Trinajstić information content (AvgIpc) is 2.67. The van der Waals surface area contributed by atoms with E-state index in [2.05, 4.69) is 44.0 Å². The Hall–Kier alpha value is 0.140. The van der Waals surface area contributed by atoms with Crippen molar-refractivity contribution in [2.45, 2.75) is 25.0 Å². The summed E-state index contributed by atoms with van der Waals surface area (Å²) in [5.74, 6) is 0. The van der Waals surface area contributed by atoms with E-state index in [1.54, 1.807) is 0 Å². The highest BCUT2D eigenvalue weighted by molar-refractivity contribution is 9.13. The van der Waals surface area contributed by atoms with Gasteiger partial charge in [-0.15, -0.1) is 0 Å². The first kappa shape index (κ1) is 8.45. The zero-order chi connectivity index (χ0) is 9.00. The van der Waals surface area contributed by atoms with Gasteiger partial charge in [0.2, 0.25) is 0 Å². The largest absolute Gasteiger partial charge is 0.366 e. The maximum atomic E-state index is 5.81. The number of hydrogen-bond donors (Lipinski definition) is 0. The minimum Gasteiger partial charge on any atom is -0.366 e. The second kappa shape index (κ2) is 2.81. The van der Waals surface area contributed by atoms with Crippen molar-refractivity contribution in [2.24, 2.45) is 0 Å². The van der Waals surface area contributed by atoms with Gasteiger partial charge in [0.05, 0.1) is 12.2 Å². The molecule has 3 heteroatoms. The maximum Gasteiger partial charge on any atom is 0.0838 e. The van der Waals surface area contributed by atoms with Gasteiger partial charge in [-0.1, -0.05) is 0 Å². The van der Waals surface area contributed by atoms with Crippen molar-refractivity contribution in [3.05, 3.63) is 32.2 Å². The third-order valence-corrected chi connectivity index (χ3v) is 4.68. The van der Waals surface area contributed by atoms with Crippen LogP contribution < -0.4 is 0 Å². The van der Waals surface area contributed by atoms with E-state index < -0.39 is 0 Å². The molecule has 1 nitrogen and oxygen atoms in total. The van der Waals surface area contributed by atoms with Gasteiger partial charge in [0, 0.05) is 8.95 Å². The fraction of sp³-hybridized carbons (Fsp3) is 0.400. The monoisotopic (exact) mass is 302 g/mol. The lowest BCUT2D eigenvalue weighted by Crippen LogP contribution is -1.97. The first-order valence-corrected chi connectivity index (χ1v) is 5.98. The molecule has 1 unspecified atom stereocenters. The molecule has 0 aromatic heterocycles. The lowest BCUT2D eigenvalue weighted by atomic mass is 9.92. The van der Waals surface area contributed by atoms with E-state index >= 15 is 0 Å². The van der Waals surface area contributed by atoms with E-state index in [4.69, 9.17) is 4.74 Å². The standard InChI is InChI=1S/C10H8Br2O/c11-7-3-5-6(4-8(7)12)10-2-1-9(5)13-10/h3-4,9-10H,1-2H2/t9-,10?/m0/s1. The molecule has 1 aromatic carbocycles. The maximum absolute atomic E-state index is 5.81. The summed E-state index contributed by atoms with van der Waals surface area (Å²) < 4.78 is 8.07. The summed E-state index contributed by atoms with van der Waals surface area (Å²) in [4.78, 5) is 0. The predicted molar refractivity (Wildman–Crippen MR) is 57.6 cm³/mol. The van der Waals surface area contributed by atoms with E-state index in [0.717, 1.165) is 8.95 Å². The summed E-state index contributed by atoms with van der Waals surface area (Å²) >= 11 is 7.04. The van der Waals surface area contributed by atoms with E-state index in [-0.39, 0.29) is 0 Å². The molecular formula is C10H8Br2O. The Labute approximate surface area is 93.7 Å². The van der Waals surface area contributed by atoms with E-state index in [9.17, 15) is 0 Å². The number of hydrogen-bond acceptors (Lipinski definition) is 1. The molecule has 0 spiro atoms. The highest BCUT2D eigenvalue weighted by atomic mass is 79.9. The van der Waals surface area contributed by atoms with Gasteiger partial charge in [0.1, 0.15) is 0 Å². The molecule has 2 heterocycles. The van der Waals surface area contributed by atoms with Crippen molar-refractivity contribution >= 4 is 31.9 Å². The second-order valence-electron chi connectivity index (χ2n) is 3.59. The molecule has 0 saturated carbocycles. The van der Waals surface area contributed by atoms with Crippen LogP contribution in [0.15, 0.2) is 21.1 Å². The molecule has 0 N–H and O–H groups in total. The first-order valence-electron chi connectivity index (χ1n) is 4.40. The second-order valence-corrected chi connectivity index (χ2v) is 5.29. The summed E-state index contributed by atoms with van der Waals surface area (Å²) in [6, 6.07) is 4.37. The summed E-state index contributed by atoms with van der Waals surface area (Å²) in [5.41, 5.74) is 2.76. The van der Waals surface area contributed by atoms with E-state index in [0.29, 0.717) is 12.2 Å². The quantitative estimate of drug-likeness (QED) is 0.700. The number of ether oxygens (including phenoxy) is 1. The molecule has 2 atom stereocenters. The number of rotatable bonds is 0. The topological polar surface area (TPSA) is 9.23 Å². The molecule has 13 heavy (non-hydrogen) atoms. The third kappa shape index (κ3) is 1.14. The van der Waals surface area contributed by atoms with Gasteiger partial charge >= 0.3 is 0 Å². The van der Waals surface area contributed by atoms with Gasteiger partial charge in [-0.05, 0) is 68.0 Å². The van der Waals surface area contributed by atoms with Crippen LogP contribution in [0.25, 0.3) is 0 Å². The molecule has 0 aliphatic carbocycles. The SMILES string of the molecule is Brc1cc2c(cc1Br)[C@@H]1CCC2O1. The van der Waals surface area contributed by atoms with Crippen LogP contribution >= 0.6 is 31.9 Å². The average molecular weight is 304 g/mol. The minimum atomic E-state index is 0.365. The Balaban J connectivity index is 2.22. The Morgan fingerprint density at radius 1 is 1.00 bits per heavy atom. The highest BCUT2D eigenvalue weighted by Gasteiger charge is 2.38. The Bertz CT molecular complexity index is 340. The smallest absolute Gasteiger partial charge is 0.0838 e. The van der Waals surface area contributed by atoms with Crippen LogP contribution in [0.2, 0.25) is 0 Å². The van der Waals surface area contributed by atoms with Crippen molar-refractivity contribution in [1.29, 1.82) is 0 Å². The first-order chi connectivity index (χ1) is 6.25. The zero-order valence-corrected chi connectivity index (χ0v) is 10.1. The molecule has 2 bridgehead atoms. The number of fused-ring (bicyclic) bond motifs is 5. The molecular weight excluding hydrogens is 296 g/mol. The lowest BCUT2D eigenvalue weighted by Gasteiger charge is -2.12. The van der Waals surface area contributed by atoms with E-state index in [1.807, 2.05) is 0 Å². The molecule has 1 saturated heterocycles. The fourth-order valence-corrected chi connectivity index (χ4v) is 2.95. The van der Waals surface area contributed by atoms with Gasteiger partial charge in [0.25, 0.3) is 0 Å². The van der Waals surface area contributed by atoms with Crippen LogP contribution in [0.3, 0.4) is 0 Å². The zero-order valence-electron chi connectivity index (χ0n) is 6.89. The van der Waals surface area contributed by atoms with Crippen molar-refractivity contribution in [3.8, 4) is 0 Å². The van der Waals surface area contributed by atoms with Gasteiger partial charge in [0.15, 0.2) is 0 Å². The van der Waals surface area contributed by atoms with Gasteiger partial charge < -0.3 is 4.74 Å². The van der Waals surface area contributed by atoms with E-state index in [1.165, 1.54) is 24.0 Å². The van der Waals surface area contributed by atoms with Crippen molar-refractivity contribution < 1.29 is 4.74 Å². The van der Waals surface area contributed by atoms with Crippen LogP contribution in [0, 0.1) is 0 Å². The summed E-state index contributed by atoms with van der Waals surface area (Å²) in [6.07, 6.45) is 3.10. The van der Waals surface area contributed by atoms with Crippen LogP contribution in [0.1, 0.15) is 36.2 Å². The molecule has 3 rings (SSSR count). The summed E-state index contributed by atoms with van der Waals surface area (Å²) in [6.45, 7) is 0. The third-order valence-electron chi connectivity index (χ3n) is 2.84. The van der Waals surface area contributed by atoms with Crippen LogP contribution in [0.5, 0.6) is 0 Å².